The molecular formula is C12H19N3OS. The molecular weight excluding hydrogens is 234 g/mol. The van der Waals surface area contributed by atoms with Gasteiger partial charge < -0.3 is 10.4 Å². The highest BCUT2D eigenvalue weighted by Crippen LogP contribution is 2.35. The molecule has 4 nitrogen and oxygen atoms in total. The summed E-state index contributed by atoms with van der Waals surface area (Å²) < 4.78 is 0. The third kappa shape index (κ3) is 2.72. The topological polar surface area (TPSA) is 58.0 Å². The normalized spacial score (nSPS) is 16.1. The first-order valence-corrected chi connectivity index (χ1v) is 6.98. The molecule has 1 unspecified atom stereocenters. The average molecular weight is 253 g/mol. The number of anilines is 1. The monoisotopic (exact) mass is 253 g/mol. The van der Waals surface area contributed by atoms with Crippen molar-refractivity contribution in [1.29, 1.82) is 0 Å². The minimum absolute atomic E-state index is 0.0506. The van der Waals surface area contributed by atoms with Gasteiger partial charge in [0.1, 0.15) is 11.6 Å². The van der Waals surface area contributed by atoms with Crippen molar-refractivity contribution in [3.63, 3.8) is 0 Å². The Morgan fingerprint density at radius 1 is 1.41 bits per heavy atom. The van der Waals surface area contributed by atoms with E-state index in [9.17, 15) is 5.11 Å². The first-order valence-electron chi connectivity index (χ1n) is 5.99. The summed E-state index contributed by atoms with van der Waals surface area (Å²) >= 11 is 1.80. The highest BCUT2D eigenvalue weighted by molar-refractivity contribution is 7.99. The predicted octanol–water partition coefficient (Wildman–Crippen LogP) is 1.86. The molecule has 1 aliphatic heterocycles. The maximum absolute atomic E-state index is 9.36. The van der Waals surface area contributed by atoms with Gasteiger partial charge >= 0.3 is 0 Å². The number of nitrogens with zero attached hydrogens (tertiary/aromatic N) is 2. The zero-order valence-electron chi connectivity index (χ0n) is 10.5. The van der Waals surface area contributed by atoms with Gasteiger partial charge in [-0.25, -0.2) is 9.97 Å². The molecule has 5 heteroatoms. The number of thioether (sulfide) groups is 1. The van der Waals surface area contributed by atoms with E-state index in [0.717, 1.165) is 34.4 Å². The molecule has 2 N–H and O–H groups in total. The first-order chi connectivity index (χ1) is 8.11. The molecule has 0 fully saturated rings. The second kappa shape index (κ2) is 5.23. The minimum Gasteiger partial charge on any atom is -0.394 e. The standard InChI is InChI=1S/C12H19N3OS/c1-7(2)10(6-16)15-12-11-9(4-5-17-11)13-8(3)14-12/h7,10,16H,4-6H2,1-3H3,(H,13,14,15). The number of nitrogens with one attached hydrogen (secondary N) is 1. The van der Waals surface area contributed by atoms with Crippen molar-refractivity contribution in [2.75, 3.05) is 17.7 Å². The quantitative estimate of drug-likeness (QED) is 0.858. The second-order valence-electron chi connectivity index (χ2n) is 4.67. The summed E-state index contributed by atoms with van der Waals surface area (Å²) in [5.41, 5.74) is 1.14. The number of aliphatic hydroxyl groups excluding tert-OH is 1. The number of hydrogen-bond acceptors (Lipinski definition) is 5. The van der Waals surface area contributed by atoms with Gasteiger partial charge in [0, 0.05) is 12.2 Å². The summed E-state index contributed by atoms with van der Waals surface area (Å²) in [4.78, 5) is 10.1. The largest absolute Gasteiger partial charge is 0.394 e. The van der Waals surface area contributed by atoms with Gasteiger partial charge in [-0.1, -0.05) is 13.8 Å². The molecule has 0 amide bonds. The van der Waals surface area contributed by atoms with Crippen LogP contribution in [0.4, 0.5) is 5.82 Å². The van der Waals surface area contributed by atoms with E-state index in [-0.39, 0.29) is 12.6 Å². The molecule has 0 bridgehead atoms. The molecule has 1 aromatic rings. The number of aliphatic hydroxyl groups is 1. The lowest BCUT2D eigenvalue weighted by Crippen LogP contribution is -2.30. The Bertz CT molecular complexity index is 409. The number of aryl methyl sites for hydroxylation is 2. The van der Waals surface area contributed by atoms with Crippen LogP contribution >= 0.6 is 11.8 Å². The van der Waals surface area contributed by atoms with Crippen molar-refractivity contribution in [3.8, 4) is 0 Å². The molecule has 2 rings (SSSR count). The Kier molecular flexibility index (Phi) is 3.89. The summed E-state index contributed by atoms with van der Waals surface area (Å²) in [5, 5.41) is 12.7. The van der Waals surface area contributed by atoms with Gasteiger partial charge in [0.15, 0.2) is 0 Å². The van der Waals surface area contributed by atoms with Crippen LogP contribution < -0.4 is 5.32 Å². The fraction of sp³-hybridized carbons (Fsp3) is 0.667. The molecule has 17 heavy (non-hydrogen) atoms. The Morgan fingerprint density at radius 2 is 2.18 bits per heavy atom. The lowest BCUT2D eigenvalue weighted by atomic mass is 10.1. The van der Waals surface area contributed by atoms with Crippen LogP contribution in [0.5, 0.6) is 0 Å². The lowest BCUT2D eigenvalue weighted by Gasteiger charge is -2.21. The molecule has 2 heterocycles. The predicted molar refractivity (Wildman–Crippen MR) is 70.5 cm³/mol. The molecule has 0 saturated carbocycles. The molecule has 0 aromatic carbocycles. The van der Waals surface area contributed by atoms with Crippen molar-refractivity contribution in [2.24, 2.45) is 5.92 Å². The van der Waals surface area contributed by atoms with Crippen LogP contribution in [0, 0.1) is 12.8 Å². The van der Waals surface area contributed by atoms with Gasteiger partial charge in [-0.05, 0) is 12.8 Å². The fourth-order valence-electron chi connectivity index (χ4n) is 1.89. The van der Waals surface area contributed by atoms with E-state index in [0.29, 0.717) is 5.92 Å². The Labute approximate surface area is 106 Å². The first kappa shape index (κ1) is 12.6. The van der Waals surface area contributed by atoms with Gasteiger partial charge in [0.25, 0.3) is 0 Å². The highest BCUT2D eigenvalue weighted by Gasteiger charge is 2.21. The van der Waals surface area contributed by atoms with E-state index >= 15 is 0 Å². The number of hydrogen-bond donors (Lipinski definition) is 2. The molecule has 0 radical (unpaired) electrons. The number of rotatable bonds is 4. The van der Waals surface area contributed by atoms with Crippen LogP contribution in [0.3, 0.4) is 0 Å². The molecule has 1 aromatic heterocycles. The van der Waals surface area contributed by atoms with Crippen LogP contribution in [-0.2, 0) is 6.42 Å². The van der Waals surface area contributed by atoms with E-state index in [1.54, 1.807) is 11.8 Å². The van der Waals surface area contributed by atoms with Crippen LogP contribution in [0.15, 0.2) is 4.90 Å². The highest BCUT2D eigenvalue weighted by atomic mass is 32.2. The molecule has 1 aliphatic rings. The maximum atomic E-state index is 9.36. The zero-order valence-corrected chi connectivity index (χ0v) is 11.3. The summed E-state index contributed by atoms with van der Waals surface area (Å²) in [6, 6.07) is 0.0506. The van der Waals surface area contributed by atoms with E-state index in [2.05, 4.69) is 29.1 Å². The maximum Gasteiger partial charge on any atom is 0.144 e. The average Bonchev–Trinajstić information content (AvgIpc) is 2.72. The Hall–Kier alpha value is -0.810. The van der Waals surface area contributed by atoms with Gasteiger partial charge in [-0.2, -0.15) is 0 Å². The van der Waals surface area contributed by atoms with Crippen LogP contribution in [0.1, 0.15) is 25.4 Å². The third-order valence-electron chi connectivity index (χ3n) is 2.96. The summed E-state index contributed by atoms with van der Waals surface area (Å²) in [5.74, 6) is 3.14. The van der Waals surface area contributed by atoms with Crippen LogP contribution in [0.2, 0.25) is 0 Å². The van der Waals surface area contributed by atoms with E-state index in [1.807, 2.05) is 6.92 Å². The van der Waals surface area contributed by atoms with E-state index < -0.39 is 0 Å². The zero-order chi connectivity index (χ0) is 12.4. The number of fused-ring (bicyclic) bond motifs is 1. The van der Waals surface area contributed by atoms with Gasteiger partial charge in [-0.3, -0.25) is 0 Å². The lowest BCUT2D eigenvalue weighted by molar-refractivity contribution is 0.248. The van der Waals surface area contributed by atoms with Crippen molar-refractivity contribution < 1.29 is 5.11 Å². The van der Waals surface area contributed by atoms with Crippen molar-refractivity contribution in [1.82, 2.24) is 9.97 Å². The van der Waals surface area contributed by atoms with Gasteiger partial charge in [-0.15, -0.1) is 11.8 Å². The Morgan fingerprint density at radius 3 is 2.82 bits per heavy atom. The smallest absolute Gasteiger partial charge is 0.144 e. The molecule has 0 spiro atoms. The minimum atomic E-state index is 0.0506. The fourth-order valence-corrected chi connectivity index (χ4v) is 2.94. The van der Waals surface area contributed by atoms with Crippen molar-refractivity contribution in [2.45, 2.75) is 38.1 Å². The SMILES string of the molecule is Cc1nc2c(c(NC(CO)C(C)C)n1)SCC2. The molecule has 1 atom stereocenters. The van der Waals surface area contributed by atoms with E-state index in [1.165, 1.54) is 0 Å². The third-order valence-corrected chi connectivity index (χ3v) is 4.08. The van der Waals surface area contributed by atoms with Crippen LogP contribution in [-0.4, -0.2) is 33.5 Å². The summed E-state index contributed by atoms with van der Waals surface area (Å²) in [7, 11) is 0. The Balaban J connectivity index is 2.26. The summed E-state index contributed by atoms with van der Waals surface area (Å²) in [6.07, 6.45) is 1.02. The van der Waals surface area contributed by atoms with Gasteiger partial charge in [0.05, 0.1) is 23.2 Å². The second-order valence-corrected chi connectivity index (χ2v) is 5.78. The van der Waals surface area contributed by atoms with Crippen LogP contribution in [0.25, 0.3) is 0 Å². The van der Waals surface area contributed by atoms with Gasteiger partial charge in [0.2, 0.25) is 0 Å². The number of aromatic nitrogens is 2. The van der Waals surface area contributed by atoms with E-state index in [4.69, 9.17) is 0 Å². The van der Waals surface area contributed by atoms with Crippen molar-refractivity contribution >= 4 is 17.6 Å². The molecule has 0 aliphatic carbocycles. The molecule has 0 saturated heterocycles. The molecule has 94 valence electrons. The van der Waals surface area contributed by atoms with Crippen molar-refractivity contribution in [3.05, 3.63) is 11.5 Å². The summed E-state index contributed by atoms with van der Waals surface area (Å²) in [6.45, 7) is 6.22.